The smallest absolute Gasteiger partial charge is 0.146 e. The van der Waals surface area contributed by atoms with E-state index in [1.807, 2.05) is 0 Å². The summed E-state index contributed by atoms with van der Waals surface area (Å²) in [5.41, 5.74) is 0. The zero-order valence-corrected chi connectivity index (χ0v) is 10.1. The van der Waals surface area contributed by atoms with Crippen LogP contribution in [0.3, 0.4) is 0 Å². The molecular formula is C6Cl4N2OS. The third-order valence-electron chi connectivity index (χ3n) is 0.867. The Kier molecular flexibility index (Phi) is 6.19. The van der Waals surface area contributed by atoms with E-state index in [1.165, 1.54) is 12.1 Å². The minimum absolute atomic E-state index is 0.465. The molecule has 0 radical (unpaired) electrons. The summed E-state index contributed by atoms with van der Waals surface area (Å²) in [6.45, 7) is 0. The van der Waals surface area contributed by atoms with Crippen molar-refractivity contribution < 1.29 is 4.21 Å². The number of allylic oxidation sites excluding steroid dienone is 2. The molecule has 0 spiro atoms. The molecule has 0 aromatic rings. The lowest BCUT2D eigenvalue weighted by Crippen LogP contribution is -1.92. The summed E-state index contributed by atoms with van der Waals surface area (Å²) in [6.07, 6.45) is 0. The highest BCUT2D eigenvalue weighted by atomic mass is 35.5. The zero-order valence-electron chi connectivity index (χ0n) is 6.22. The SMILES string of the molecule is N#CC(Cl)=C(Cl)S(=O)C(Cl)=C(Cl)C#N. The Labute approximate surface area is 103 Å². The molecule has 74 valence electrons. The quantitative estimate of drug-likeness (QED) is 0.734. The molecule has 0 saturated heterocycles. The van der Waals surface area contributed by atoms with E-state index < -0.39 is 29.6 Å². The van der Waals surface area contributed by atoms with Crippen LogP contribution in [0.2, 0.25) is 0 Å². The molecule has 0 bridgehead atoms. The average Bonchev–Trinajstić information content (AvgIpc) is 2.23. The lowest BCUT2D eigenvalue weighted by Gasteiger charge is -1.97. The zero-order chi connectivity index (χ0) is 11.3. The van der Waals surface area contributed by atoms with Gasteiger partial charge in [-0.3, -0.25) is 0 Å². The second-order valence-corrected chi connectivity index (χ2v) is 4.98. The van der Waals surface area contributed by atoms with Crippen LogP contribution < -0.4 is 0 Å². The van der Waals surface area contributed by atoms with Gasteiger partial charge >= 0.3 is 0 Å². The van der Waals surface area contributed by atoms with E-state index in [4.69, 9.17) is 56.9 Å². The molecule has 0 amide bonds. The minimum atomic E-state index is -2.09. The molecule has 0 aliphatic carbocycles. The van der Waals surface area contributed by atoms with Gasteiger partial charge in [-0.05, 0) is 0 Å². The highest BCUT2D eigenvalue weighted by Gasteiger charge is 2.17. The van der Waals surface area contributed by atoms with Crippen molar-refractivity contribution >= 4 is 57.2 Å². The lowest BCUT2D eigenvalue weighted by atomic mass is 10.7. The van der Waals surface area contributed by atoms with Crippen LogP contribution in [0.15, 0.2) is 18.8 Å². The summed E-state index contributed by atoms with van der Waals surface area (Å²) >= 11 is 21.4. The number of hydrogen-bond donors (Lipinski definition) is 0. The van der Waals surface area contributed by atoms with Gasteiger partial charge in [-0.2, -0.15) is 10.5 Å². The largest absolute Gasteiger partial charge is 0.247 e. The van der Waals surface area contributed by atoms with Crippen molar-refractivity contribution in [3.05, 3.63) is 18.8 Å². The van der Waals surface area contributed by atoms with Crippen LogP contribution in [0.5, 0.6) is 0 Å². The summed E-state index contributed by atoms with van der Waals surface area (Å²) in [5, 5.41) is 15.7. The Hall–Kier alpha value is -0.230. The van der Waals surface area contributed by atoms with E-state index in [2.05, 4.69) is 0 Å². The number of nitrogens with zero attached hydrogens (tertiary/aromatic N) is 2. The van der Waals surface area contributed by atoms with E-state index >= 15 is 0 Å². The maximum Gasteiger partial charge on any atom is 0.146 e. The first kappa shape index (κ1) is 13.8. The van der Waals surface area contributed by atoms with E-state index in [0.717, 1.165) is 0 Å². The molecule has 0 fully saturated rings. The molecule has 0 aliphatic rings. The molecule has 0 N–H and O–H groups in total. The van der Waals surface area contributed by atoms with Crippen molar-refractivity contribution in [2.75, 3.05) is 0 Å². The second-order valence-electron chi connectivity index (χ2n) is 1.67. The predicted molar refractivity (Wildman–Crippen MR) is 56.8 cm³/mol. The van der Waals surface area contributed by atoms with E-state index in [-0.39, 0.29) is 0 Å². The van der Waals surface area contributed by atoms with Gasteiger partial charge in [-0.1, -0.05) is 46.4 Å². The summed E-state index contributed by atoms with van der Waals surface area (Å²) in [7, 11) is -2.09. The van der Waals surface area contributed by atoms with E-state index in [9.17, 15) is 4.21 Å². The Bertz CT molecular complexity index is 377. The van der Waals surface area contributed by atoms with Crippen LogP contribution in [0.1, 0.15) is 0 Å². The first-order valence-electron chi connectivity index (χ1n) is 2.78. The van der Waals surface area contributed by atoms with Gasteiger partial charge in [0.15, 0.2) is 0 Å². The maximum absolute atomic E-state index is 11.3. The van der Waals surface area contributed by atoms with Crippen LogP contribution in [-0.4, -0.2) is 4.21 Å². The molecule has 0 unspecified atom stereocenters. The van der Waals surface area contributed by atoms with Gasteiger partial charge in [0.05, 0.1) is 0 Å². The average molecular weight is 290 g/mol. The van der Waals surface area contributed by atoms with Gasteiger partial charge in [0.2, 0.25) is 0 Å². The summed E-state index contributed by atoms with van der Waals surface area (Å²) in [5.74, 6) is 0. The molecule has 0 aromatic carbocycles. The normalized spacial score (nSPS) is 15.9. The number of nitriles is 2. The predicted octanol–water partition coefficient (Wildman–Crippen LogP) is 3.08. The Morgan fingerprint density at radius 3 is 1.43 bits per heavy atom. The van der Waals surface area contributed by atoms with Crippen LogP contribution >= 0.6 is 46.4 Å². The summed E-state index contributed by atoms with van der Waals surface area (Å²) in [6, 6.07) is 2.94. The van der Waals surface area contributed by atoms with Crippen LogP contribution in [-0.2, 0) is 10.8 Å². The van der Waals surface area contributed by atoms with E-state index in [0.29, 0.717) is 0 Å². The van der Waals surface area contributed by atoms with Crippen molar-refractivity contribution in [3.63, 3.8) is 0 Å². The van der Waals surface area contributed by atoms with Crippen LogP contribution in [0.25, 0.3) is 0 Å². The lowest BCUT2D eigenvalue weighted by molar-refractivity contribution is 0.692. The molecule has 3 nitrogen and oxygen atoms in total. The molecule has 14 heavy (non-hydrogen) atoms. The highest BCUT2D eigenvalue weighted by molar-refractivity contribution is 7.96. The van der Waals surface area contributed by atoms with Gasteiger partial charge in [0, 0.05) is 0 Å². The topological polar surface area (TPSA) is 64.7 Å². The monoisotopic (exact) mass is 288 g/mol. The van der Waals surface area contributed by atoms with Crippen LogP contribution in [0.4, 0.5) is 0 Å². The fourth-order valence-electron chi connectivity index (χ4n) is 0.329. The van der Waals surface area contributed by atoms with Crippen molar-refractivity contribution in [1.29, 1.82) is 10.5 Å². The van der Waals surface area contributed by atoms with Crippen molar-refractivity contribution in [2.45, 2.75) is 0 Å². The first-order chi connectivity index (χ1) is 6.45. The third kappa shape index (κ3) is 3.49. The van der Waals surface area contributed by atoms with Gasteiger partial charge in [0.25, 0.3) is 0 Å². The van der Waals surface area contributed by atoms with E-state index in [1.54, 1.807) is 0 Å². The molecule has 0 atom stereocenters. The number of rotatable bonds is 2. The van der Waals surface area contributed by atoms with Gasteiger partial charge in [-0.15, -0.1) is 0 Å². The summed E-state index contributed by atoms with van der Waals surface area (Å²) in [4.78, 5) is 0. The Morgan fingerprint density at radius 1 is 0.929 bits per heavy atom. The fourth-order valence-corrected chi connectivity index (χ4v) is 1.99. The third-order valence-corrected chi connectivity index (χ3v) is 4.11. The van der Waals surface area contributed by atoms with Gasteiger partial charge in [-0.25, -0.2) is 4.21 Å². The second kappa shape index (κ2) is 6.29. The molecule has 0 heterocycles. The van der Waals surface area contributed by atoms with Crippen molar-refractivity contribution in [3.8, 4) is 12.1 Å². The molecule has 0 aliphatic heterocycles. The van der Waals surface area contributed by atoms with Crippen LogP contribution in [0, 0.1) is 22.7 Å². The Balaban J connectivity index is 5.26. The van der Waals surface area contributed by atoms with Crippen molar-refractivity contribution in [1.82, 2.24) is 0 Å². The van der Waals surface area contributed by atoms with Gasteiger partial charge < -0.3 is 0 Å². The molecule has 0 saturated carbocycles. The summed E-state index contributed by atoms with van der Waals surface area (Å²) < 4.78 is 10.4. The number of halogens is 4. The fraction of sp³-hybridized carbons (Fsp3) is 0. The molecule has 0 rings (SSSR count). The standard InChI is InChI=1S/C6Cl4N2OS/c7-3(1-11)5(9)14(13)6(10)4(8)2-12. The first-order valence-corrected chi connectivity index (χ1v) is 5.44. The Morgan fingerprint density at radius 2 is 1.21 bits per heavy atom. The van der Waals surface area contributed by atoms with Crippen molar-refractivity contribution in [2.24, 2.45) is 0 Å². The molecular weight excluding hydrogens is 290 g/mol. The molecule has 8 heteroatoms. The number of hydrogen-bond acceptors (Lipinski definition) is 3. The highest BCUT2D eigenvalue weighted by Crippen LogP contribution is 2.27. The minimum Gasteiger partial charge on any atom is -0.247 e. The maximum atomic E-state index is 11.3. The van der Waals surface area contributed by atoms with Gasteiger partial charge in [0.1, 0.15) is 41.7 Å². The molecule has 0 aromatic heterocycles.